The van der Waals surface area contributed by atoms with Crippen molar-refractivity contribution in [3.63, 3.8) is 0 Å². The van der Waals surface area contributed by atoms with Gasteiger partial charge in [-0.15, -0.1) is 0 Å². The number of rotatable bonds is 16. The normalized spacial score (nSPS) is 21.7. The molecule has 0 saturated heterocycles. The number of hydrogen-bond acceptors (Lipinski definition) is 0. The fourth-order valence-electron chi connectivity index (χ4n) is 12.2. The highest BCUT2D eigenvalue weighted by Gasteiger charge is 2.35. The summed E-state index contributed by atoms with van der Waals surface area (Å²) < 4.78 is 0. The van der Waals surface area contributed by atoms with Crippen LogP contribution in [0.5, 0.6) is 0 Å². The lowest BCUT2D eigenvalue weighted by molar-refractivity contribution is 0.0984. The lowest BCUT2D eigenvalue weighted by Gasteiger charge is -2.42. The van der Waals surface area contributed by atoms with Crippen LogP contribution in [0.4, 0.5) is 0 Å². The molecule has 70 heavy (non-hydrogen) atoms. The molecule has 5 aliphatic carbocycles. The van der Waals surface area contributed by atoms with Crippen LogP contribution >= 0.6 is 0 Å². The average Bonchev–Trinajstić information content (AvgIpc) is 3.35. The first-order chi connectivity index (χ1) is 34.8. The van der Waals surface area contributed by atoms with Crippen molar-refractivity contribution in [1.82, 2.24) is 0 Å². The van der Waals surface area contributed by atoms with Gasteiger partial charge in [0.1, 0.15) is 0 Å². The van der Waals surface area contributed by atoms with Gasteiger partial charge in [-0.2, -0.15) is 0 Å². The molecule has 0 aromatic rings. The second-order valence-electron chi connectivity index (χ2n) is 25.1. The van der Waals surface area contributed by atoms with E-state index in [0.29, 0.717) is 0 Å². The smallest absolute Gasteiger partial charge is 0.0297 e. The SMILES string of the molecule is C1CCC1.C1CCCCC1.C1CCCCCCCCCCCCCCC1.C1CCCCCCCCCCCCCCCCCCCCC1.CCCCCCCCCCCCCCC1(CCCC)CCC1. The van der Waals surface area contributed by atoms with E-state index in [0.717, 1.165) is 5.41 Å². The Morgan fingerprint density at radius 3 is 0.443 bits per heavy atom. The fraction of sp³-hybridized carbons (Fsp3) is 1.00. The van der Waals surface area contributed by atoms with Crippen molar-refractivity contribution in [2.45, 2.75) is 444 Å². The maximum absolute atomic E-state index is 2.34. The third-order valence-corrected chi connectivity index (χ3v) is 18.0. The molecule has 0 aliphatic heterocycles. The Hall–Kier alpha value is 0. The molecule has 0 heteroatoms. The summed E-state index contributed by atoms with van der Waals surface area (Å²) in [6.07, 6.45) is 100. The van der Waals surface area contributed by atoms with Gasteiger partial charge < -0.3 is 0 Å². The largest absolute Gasteiger partial charge is 0.0654 e. The van der Waals surface area contributed by atoms with E-state index in [1.165, 1.54) is 411 Å². The van der Waals surface area contributed by atoms with Crippen LogP contribution in [0, 0.1) is 5.41 Å². The molecular weight excluding hydrogens is 841 g/mol. The van der Waals surface area contributed by atoms with Gasteiger partial charge in [0.25, 0.3) is 0 Å². The predicted molar refractivity (Wildman–Crippen MR) is 323 cm³/mol. The Kier molecular flexibility index (Phi) is 58.2. The van der Waals surface area contributed by atoms with Gasteiger partial charge in [-0.25, -0.2) is 0 Å². The molecule has 0 amide bonds. The summed E-state index contributed by atoms with van der Waals surface area (Å²) in [6.45, 7) is 4.65. The molecule has 5 aliphatic rings. The maximum atomic E-state index is 2.34. The summed E-state index contributed by atoms with van der Waals surface area (Å²) in [5.41, 5.74) is 0.814. The summed E-state index contributed by atoms with van der Waals surface area (Å²) in [5.74, 6) is 0. The van der Waals surface area contributed by atoms with E-state index < -0.39 is 0 Å². The zero-order valence-corrected chi connectivity index (χ0v) is 49.9. The van der Waals surface area contributed by atoms with Crippen molar-refractivity contribution in [3.05, 3.63) is 0 Å². The molecule has 0 N–H and O–H groups in total. The van der Waals surface area contributed by atoms with Crippen LogP contribution in [0.2, 0.25) is 0 Å². The average molecular weight is 982 g/mol. The van der Waals surface area contributed by atoms with Gasteiger partial charge in [-0.3, -0.25) is 0 Å². The molecule has 0 bridgehead atoms. The first kappa shape index (κ1) is 68.0. The Morgan fingerprint density at radius 1 is 0.157 bits per heavy atom. The second kappa shape index (κ2) is 59.9. The summed E-state index contributed by atoms with van der Waals surface area (Å²) in [6, 6.07) is 0. The van der Waals surface area contributed by atoms with Crippen molar-refractivity contribution in [1.29, 1.82) is 0 Å². The Balaban J connectivity index is 0.000000479. The Bertz CT molecular complexity index is 712. The Labute approximate surface area is 447 Å². The highest BCUT2D eigenvalue weighted by Crippen LogP contribution is 2.49. The van der Waals surface area contributed by atoms with Gasteiger partial charge in [0, 0.05) is 0 Å². The molecule has 5 saturated carbocycles. The molecule has 5 rings (SSSR count). The summed E-state index contributed by atoms with van der Waals surface area (Å²) in [4.78, 5) is 0. The molecule has 0 unspecified atom stereocenters. The third kappa shape index (κ3) is 52.8. The monoisotopic (exact) mass is 981 g/mol. The standard InChI is InChI=1S/2C22H44.C16H32.C6H12.C4H8/c1-3-5-7-8-9-10-11-12-13-14-15-16-19-22(18-6-4-2)20-17-21-22;1-2-4-6-8-10-12-14-16-18-20-22-21-19-17-15-13-11-9-7-5-3-1;1-2-4-6-8-10-12-14-16-15-13-11-9-7-5-3-1;1-2-4-6-5-3-1;1-2-4-3-1/h3-21H2,1-2H3;1-22H2;1-16H2;1-6H2;1-4H2. The van der Waals surface area contributed by atoms with Crippen LogP contribution in [0.25, 0.3) is 0 Å². The van der Waals surface area contributed by atoms with E-state index in [1.807, 2.05) is 0 Å². The highest BCUT2D eigenvalue weighted by atomic mass is 14.4. The van der Waals surface area contributed by atoms with Gasteiger partial charge in [0.15, 0.2) is 0 Å². The van der Waals surface area contributed by atoms with Gasteiger partial charge in [0.2, 0.25) is 0 Å². The van der Waals surface area contributed by atoms with E-state index in [1.54, 1.807) is 19.3 Å². The van der Waals surface area contributed by atoms with Gasteiger partial charge in [-0.1, -0.05) is 418 Å². The minimum absolute atomic E-state index is 0.814. The zero-order chi connectivity index (χ0) is 49.9. The van der Waals surface area contributed by atoms with E-state index in [2.05, 4.69) is 13.8 Å². The minimum atomic E-state index is 0.814. The molecule has 0 radical (unpaired) electrons. The number of unbranched alkanes of at least 4 members (excludes halogenated alkanes) is 12. The van der Waals surface area contributed by atoms with Crippen molar-refractivity contribution in [2.75, 3.05) is 0 Å². The van der Waals surface area contributed by atoms with Gasteiger partial charge in [-0.05, 0) is 31.1 Å². The van der Waals surface area contributed by atoms with Gasteiger partial charge >= 0.3 is 0 Å². The minimum Gasteiger partial charge on any atom is -0.0654 e. The van der Waals surface area contributed by atoms with Crippen molar-refractivity contribution < 1.29 is 0 Å². The molecule has 0 nitrogen and oxygen atoms in total. The van der Waals surface area contributed by atoms with Gasteiger partial charge in [0.05, 0.1) is 0 Å². The molecule has 420 valence electrons. The third-order valence-electron chi connectivity index (χ3n) is 18.0. The summed E-state index contributed by atoms with van der Waals surface area (Å²) in [7, 11) is 0. The summed E-state index contributed by atoms with van der Waals surface area (Å²) >= 11 is 0. The second-order valence-corrected chi connectivity index (χ2v) is 25.1. The van der Waals surface area contributed by atoms with Crippen LogP contribution in [0.1, 0.15) is 444 Å². The molecule has 0 aromatic carbocycles. The lowest BCUT2D eigenvalue weighted by atomic mass is 9.63. The first-order valence-electron chi connectivity index (χ1n) is 34.8. The molecule has 0 atom stereocenters. The maximum Gasteiger partial charge on any atom is -0.0297 e. The zero-order valence-electron chi connectivity index (χ0n) is 49.9. The molecular formula is C70H140. The van der Waals surface area contributed by atoms with E-state index in [4.69, 9.17) is 0 Å². The first-order valence-corrected chi connectivity index (χ1v) is 34.8. The van der Waals surface area contributed by atoms with E-state index >= 15 is 0 Å². The summed E-state index contributed by atoms with van der Waals surface area (Å²) in [5, 5.41) is 0. The van der Waals surface area contributed by atoms with Crippen LogP contribution in [0.3, 0.4) is 0 Å². The van der Waals surface area contributed by atoms with E-state index in [9.17, 15) is 0 Å². The van der Waals surface area contributed by atoms with Crippen molar-refractivity contribution in [3.8, 4) is 0 Å². The van der Waals surface area contributed by atoms with Crippen LogP contribution < -0.4 is 0 Å². The molecule has 0 aromatic heterocycles. The molecule has 5 fully saturated rings. The number of hydrogen-bond donors (Lipinski definition) is 0. The van der Waals surface area contributed by atoms with E-state index in [-0.39, 0.29) is 0 Å². The lowest BCUT2D eigenvalue weighted by Crippen LogP contribution is -2.29. The Morgan fingerprint density at radius 2 is 0.300 bits per heavy atom. The fourth-order valence-corrected chi connectivity index (χ4v) is 12.2. The highest BCUT2D eigenvalue weighted by molar-refractivity contribution is 4.87. The van der Waals surface area contributed by atoms with Crippen molar-refractivity contribution >= 4 is 0 Å². The molecule has 0 spiro atoms. The van der Waals surface area contributed by atoms with Crippen LogP contribution in [-0.2, 0) is 0 Å². The van der Waals surface area contributed by atoms with Crippen molar-refractivity contribution in [2.24, 2.45) is 5.41 Å². The quantitative estimate of drug-likeness (QED) is 0.135. The van der Waals surface area contributed by atoms with Crippen LogP contribution in [-0.4, -0.2) is 0 Å². The molecule has 0 heterocycles. The predicted octanol–water partition coefficient (Wildman–Crippen LogP) is 27.2. The topological polar surface area (TPSA) is 0 Å². The van der Waals surface area contributed by atoms with Crippen LogP contribution in [0.15, 0.2) is 0 Å².